The van der Waals surface area contributed by atoms with Crippen LogP contribution in [0.5, 0.6) is 0 Å². The van der Waals surface area contributed by atoms with Crippen LogP contribution in [0.3, 0.4) is 0 Å². The maximum Gasteiger partial charge on any atom is 0.272 e. The third kappa shape index (κ3) is 3.67. The fourth-order valence-corrected chi connectivity index (χ4v) is 3.60. The SMILES string of the molecule is CCn1cc(CNC(=O)c2cc3nccc(-c4nn(CC)cc4Br)n3n2)c(C)n1. The highest BCUT2D eigenvalue weighted by Gasteiger charge is 2.17. The number of nitrogens with one attached hydrogen (secondary N) is 1. The Hall–Kier alpha value is -3.01. The Kier molecular flexibility index (Phi) is 5.18. The molecule has 0 spiro atoms. The van der Waals surface area contributed by atoms with Crippen molar-refractivity contribution in [3.8, 4) is 11.4 Å². The number of nitrogens with zero attached hydrogens (tertiary/aromatic N) is 7. The summed E-state index contributed by atoms with van der Waals surface area (Å²) in [5.74, 6) is -0.261. The minimum atomic E-state index is -0.261. The van der Waals surface area contributed by atoms with Gasteiger partial charge in [-0.2, -0.15) is 15.3 Å². The van der Waals surface area contributed by atoms with E-state index in [1.165, 1.54) is 0 Å². The number of hydrogen-bond donors (Lipinski definition) is 1. The molecule has 4 aromatic heterocycles. The van der Waals surface area contributed by atoms with Crippen molar-refractivity contribution in [2.45, 2.75) is 40.4 Å². The van der Waals surface area contributed by atoms with Crippen LogP contribution in [-0.2, 0) is 19.6 Å². The summed E-state index contributed by atoms with van der Waals surface area (Å²) in [6.07, 6.45) is 5.55. The molecule has 9 nitrogen and oxygen atoms in total. The number of halogens is 1. The first kappa shape index (κ1) is 19.3. The van der Waals surface area contributed by atoms with Gasteiger partial charge in [0.05, 0.1) is 15.9 Å². The van der Waals surface area contributed by atoms with Gasteiger partial charge in [-0.1, -0.05) is 0 Å². The monoisotopic (exact) mass is 456 g/mol. The Labute approximate surface area is 175 Å². The highest BCUT2D eigenvalue weighted by Crippen LogP contribution is 2.26. The molecule has 0 fully saturated rings. The molecule has 4 aromatic rings. The van der Waals surface area contributed by atoms with Crippen LogP contribution in [0.4, 0.5) is 0 Å². The van der Waals surface area contributed by atoms with Crippen LogP contribution in [0.15, 0.2) is 35.2 Å². The first-order valence-corrected chi connectivity index (χ1v) is 10.2. The first-order chi connectivity index (χ1) is 14.0. The molecule has 0 saturated heterocycles. The Bertz CT molecular complexity index is 1190. The lowest BCUT2D eigenvalue weighted by atomic mass is 10.2. The molecule has 10 heteroatoms. The molecule has 0 saturated carbocycles. The smallest absolute Gasteiger partial charge is 0.272 e. The summed E-state index contributed by atoms with van der Waals surface area (Å²) >= 11 is 3.55. The highest BCUT2D eigenvalue weighted by molar-refractivity contribution is 9.10. The lowest BCUT2D eigenvalue weighted by Crippen LogP contribution is -2.23. The van der Waals surface area contributed by atoms with Crippen molar-refractivity contribution in [1.82, 2.24) is 39.5 Å². The zero-order valence-corrected chi connectivity index (χ0v) is 18.0. The van der Waals surface area contributed by atoms with Crippen LogP contribution in [0.25, 0.3) is 17.0 Å². The molecule has 4 rings (SSSR count). The molecule has 29 heavy (non-hydrogen) atoms. The summed E-state index contributed by atoms with van der Waals surface area (Å²) in [5, 5.41) is 16.4. The predicted octanol–water partition coefficient (Wildman–Crippen LogP) is 2.83. The zero-order chi connectivity index (χ0) is 20.5. The van der Waals surface area contributed by atoms with Crippen LogP contribution in [0, 0.1) is 6.92 Å². The molecule has 0 unspecified atom stereocenters. The average Bonchev–Trinajstić information content (AvgIpc) is 3.42. The summed E-state index contributed by atoms with van der Waals surface area (Å²) in [6, 6.07) is 3.50. The third-order valence-electron chi connectivity index (χ3n) is 4.69. The quantitative estimate of drug-likeness (QED) is 0.481. The van der Waals surface area contributed by atoms with E-state index in [0.717, 1.165) is 40.2 Å². The van der Waals surface area contributed by atoms with Crippen molar-refractivity contribution >= 4 is 27.5 Å². The normalized spacial score (nSPS) is 11.3. The van der Waals surface area contributed by atoms with Crippen molar-refractivity contribution in [3.63, 3.8) is 0 Å². The fourth-order valence-electron chi connectivity index (χ4n) is 3.08. The standard InChI is InChI=1S/C19H21BrN8O/c1-4-26-10-13(12(3)23-26)9-22-19(29)15-8-17-21-7-6-16(28(17)24-15)18-14(20)11-27(5-2)25-18/h6-8,10-11H,4-5,9H2,1-3H3,(H,22,29). The van der Waals surface area contributed by atoms with Crippen LogP contribution in [0.2, 0.25) is 0 Å². The number of aryl methyl sites for hydroxylation is 3. The third-order valence-corrected chi connectivity index (χ3v) is 5.27. The van der Waals surface area contributed by atoms with E-state index in [1.54, 1.807) is 16.8 Å². The zero-order valence-electron chi connectivity index (χ0n) is 16.4. The Morgan fingerprint density at radius 3 is 2.59 bits per heavy atom. The van der Waals surface area contributed by atoms with Crippen LogP contribution in [-0.4, -0.2) is 40.1 Å². The highest BCUT2D eigenvalue weighted by atomic mass is 79.9. The van der Waals surface area contributed by atoms with Crippen LogP contribution >= 0.6 is 15.9 Å². The number of amides is 1. The molecule has 0 bridgehead atoms. The lowest BCUT2D eigenvalue weighted by Gasteiger charge is -2.02. The largest absolute Gasteiger partial charge is 0.346 e. The lowest BCUT2D eigenvalue weighted by molar-refractivity contribution is 0.0945. The number of fused-ring (bicyclic) bond motifs is 1. The number of carbonyl (C=O) groups is 1. The van der Waals surface area contributed by atoms with Crippen LogP contribution < -0.4 is 5.32 Å². The topological polar surface area (TPSA) is 94.9 Å². The number of rotatable bonds is 6. The van der Waals surface area contributed by atoms with E-state index in [1.807, 2.05) is 48.6 Å². The summed E-state index contributed by atoms with van der Waals surface area (Å²) in [5.41, 5.74) is 4.28. The number of carbonyl (C=O) groups excluding carboxylic acids is 1. The van der Waals surface area contributed by atoms with Gasteiger partial charge in [-0.15, -0.1) is 0 Å². The van der Waals surface area contributed by atoms with Gasteiger partial charge in [0.1, 0.15) is 5.69 Å². The molecule has 4 heterocycles. The van der Waals surface area contributed by atoms with Gasteiger partial charge in [-0.25, -0.2) is 9.50 Å². The maximum absolute atomic E-state index is 12.7. The molecular formula is C19H21BrN8O. The van der Waals surface area contributed by atoms with Gasteiger partial charge in [0.25, 0.3) is 5.91 Å². The Morgan fingerprint density at radius 2 is 1.90 bits per heavy atom. The van der Waals surface area contributed by atoms with Gasteiger partial charge in [-0.3, -0.25) is 14.2 Å². The van der Waals surface area contributed by atoms with Gasteiger partial charge in [0, 0.05) is 49.9 Å². The van der Waals surface area contributed by atoms with Crippen molar-refractivity contribution in [2.24, 2.45) is 0 Å². The van der Waals surface area contributed by atoms with Gasteiger partial charge < -0.3 is 5.32 Å². The van der Waals surface area contributed by atoms with Gasteiger partial charge in [0.15, 0.2) is 11.3 Å². The molecule has 0 radical (unpaired) electrons. The molecule has 1 N–H and O–H groups in total. The summed E-state index contributed by atoms with van der Waals surface area (Å²) < 4.78 is 6.19. The molecular weight excluding hydrogens is 436 g/mol. The second-order valence-electron chi connectivity index (χ2n) is 6.59. The van der Waals surface area contributed by atoms with Crippen molar-refractivity contribution in [1.29, 1.82) is 0 Å². The number of hydrogen-bond acceptors (Lipinski definition) is 5. The Morgan fingerprint density at radius 1 is 1.14 bits per heavy atom. The minimum absolute atomic E-state index is 0.261. The fraction of sp³-hybridized carbons (Fsp3) is 0.316. The molecule has 0 aliphatic heterocycles. The number of aromatic nitrogens is 7. The van der Waals surface area contributed by atoms with E-state index in [9.17, 15) is 4.79 Å². The van der Waals surface area contributed by atoms with E-state index in [-0.39, 0.29) is 5.91 Å². The maximum atomic E-state index is 12.7. The van der Waals surface area contributed by atoms with E-state index < -0.39 is 0 Å². The minimum Gasteiger partial charge on any atom is -0.346 e. The molecule has 0 atom stereocenters. The van der Waals surface area contributed by atoms with E-state index >= 15 is 0 Å². The summed E-state index contributed by atoms with van der Waals surface area (Å²) in [4.78, 5) is 17.0. The average molecular weight is 457 g/mol. The van der Waals surface area contributed by atoms with Gasteiger partial charge in [-0.05, 0) is 42.8 Å². The van der Waals surface area contributed by atoms with E-state index in [4.69, 9.17) is 0 Å². The van der Waals surface area contributed by atoms with Crippen molar-refractivity contribution < 1.29 is 4.79 Å². The predicted molar refractivity (Wildman–Crippen MR) is 111 cm³/mol. The summed E-state index contributed by atoms with van der Waals surface area (Å²) in [6.45, 7) is 7.92. The van der Waals surface area contributed by atoms with Gasteiger partial charge in [0.2, 0.25) is 0 Å². The molecule has 1 amide bonds. The first-order valence-electron chi connectivity index (χ1n) is 9.39. The van der Waals surface area contributed by atoms with Crippen LogP contribution in [0.1, 0.15) is 35.6 Å². The second-order valence-corrected chi connectivity index (χ2v) is 7.44. The van der Waals surface area contributed by atoms with Crippen molar-refractivity contribution in [2.75, 3.05) is 0 Å². The second kappa shape index (κ2) is 7.78. The van der Waals surface area contributed by atoms with E-state index in [0.29, 0.717) is 17.9 Å². The summed E-state index contributed by atoms with van der Waals surface area (Å²) in [7, 11) is 0. The molecule has 150 valence electrons. The van der Waals surface area contributed by atoms with E-state index in [2.05, 4.69) is 41.5 Å². The molecule has 0 aliphatic rings. The van der Waals surface area contributed by atoms with Gasteiger partial charge >= 0.3 is 0 Å². The Balaban J connectivity index is 1.61. The van der Waals surface area contributed by atoms with Crippen molar-refractivity contribution in [3.05, 3.63) is 52.1 Å². The molecule has 0 aromatic carbocycles. The molecule has 0 aliphatic carbocycles.